The van der Waals surface area contributed by atoms with Gasteiger partial charge in [-0.25, -0.2) is 0 Å². The average Bonchev–Trinajstić information content (AvgIpc) is 3.07. The minimum atomic E-state index is 0.314. The number of hydrogen-bond donors (Lipinski definition) is 0. The van der Waals surface area contributed by atoms with Crippen molar-refractivity contribution in [3.8, 4) is 0 Å². The van der Waals surface area contributed by atoms with Crippen LogP contribution in [0.4, 0.5) is 0 Å². The molecule has 0 saturated carbocycles. The summed E-state index contributed by atoms with van der Waals surface area (Å²) in [5, 5.41) is 2.05. The first kappa shape index (κ1) is 16.0. The van der Waals surface area contributed by atoms with Crippen LogP contribution < -0.4 is 0 Å². The Labute approximate surface area is 137 Å². The first-order chi connectivity index (χ1) is 10.8. The second-order valence-corrected chi connectivity index (χ2v) is 7.27. The second-order valence-electron chi connectivity index (χ2n) is 6.24. The molecule has 0 aliphatic carbocycles. The Bertz CT molecular complexity index is 457. The lowest BCUT2D eigenvalue weighted by molar-refractivity contribution is -0.134. The zero-order valence-corrected chi connectivity index (χ0v) is 14.0. The van der Waals surface area contributed by atoms with Crippen LogP contribution in [0.2, 0.25) is 0 Å². The van der Waals surface area contributed by atoms with Crippen molar-refractivity contribution >= 4 is 17.2 Å². The van der Waals surface area contributed by atoms with Crippen LogP contribution in [-0.4, -0.2) is 61.1 Å². The third-order valence-electron chi connectivity index (χ3n) is 4.74. The van der Waals surface area contributed by atoms with Gasteiger partial charge in [-0.1, -0.05) is 6.07 Å². The molecule has 1 aromatic heterocycles. The van der Waals surface area contributed by atoms with E-state index in [4.69, 9.17) is 4.74 Å². The van der Waals surface area contributed by atoms with Crippen molar-refractivity contribution in [2.45, 2.75) is 38.1 Å². The average molecular weight is 322 g/mol. The number of morpholine rings is 1. The van der Waals surface area contributed by atoms with Crippen molar-refractivity contribution in [1.82, 2.24) is 9.80 Å². The van der Waals surface area contributed by atoms with E-state index in [1.165, 1.54) is 17.7 Å². The highest BCUT2D eigenvalue weighted by atomic mass is 32.1. The molecule has 1 amide bonds. The van der Waals surface area contributed by atoms with E-state index in [-0.39, 0.29) is 0 Å². The number of carbonyl (C=O) groups is 1. The van der Waals surface area contributed by atoms with Crippen molar-refractivity contribution in [1.29, 1.82) is 0 Å². The molecule has 22 heavy (non-hydrogen) atoms. The summed E-state index contributed by atoms with van der Waals surface area (Å²) in [6, 6.07) is 4.53. The molecule has 1 unspecified atom stereocenters. The lowest BCUT2D eigenvalue weighted by atomic mass is 9.98. The van der Waals surface area contributed by atoms with E-state index in [0.717, 1.165) is 52.2 Å². The molecule has 0 aromatic carbocycles. The number of ether oxygens (including phenoxy) is 1. The Morgan fingerprint density at radius 1 is 1.27 bits per heavy atom. The van der Waals surface area contributed by atoms with Gasteiger partial charge in [0, 0.05) is 37.1 Å². The van der Waals surface area contributed by atoms with Crippen molar-refractivity contribution in [2.24, 2.45) is 0 Å². The number of amides is 1. The molecular formula is C17H26N2O2S. The fourth-order valence-corrected chi connectivity index (χ4v) is 4.15. The van der Waals surface area contributed by atoms with Gasteiger partial charge in [-0.3, -0.25) is 9.69 Å². The lowest BCUT2D eigenvalue weighted by Crippen LogP contribution is -2.46. The van der Waals surface area contributed by atoms with Crippen molar-refractivity contribution in [3.05, 3.63) is 22.4 Å². The molecule has 0 N–H and O–H groups in total. The zero-order chi connectivity index (χ0) is 15.2. The molecule has 3 heterocycles. The van der Waals surface area contributed by atoms with Gasteiger partial charge in [0.25, 0.3) is 0 Å². The molecule has 1 aromatic rings. The molecule has 0 radical (unpaired) electrons. The first-order valence-corrected chi connectivity index (χ1v) is 9.33. The summed E-state index contributed by atoms with van der Waals surface area (Å²) >= 11 is 1.68. The summed E-state index contributed by atoms with van der Waals surface area (Å²) < 4.78 is 5.40. The third-order valence-corrected chi connectivity index (χ3v) is 5.61. The van der Waals surface area contributed by atoms with Gasteiger partial charge < -0.3 is 9.64 Å². The highest BCUT2D eigenvalue weighted by molar-refractivity contribution is 7.10. The highest BCUT2D eigenvalue weighted by Gasteiger charge is 2.27. The van der Waals surface area contributed by atoms with E-state index < -0.39 is 0 Å². The number of hydrogen-bond acceptors (Lipinski definition) is 4. The van der Waals surface area contributed by atoms with Crippen molar-refractivity contribution in [3.63, 3.8) is 0 Å². The van der Waals surface area contributed by atoms with Crippen LogP contribution in [0, 0.1) is 0 Å². The van der Waals surface area contributed by atoms with Crippen LogP contribution >= 0.6 is 11.3 Å². The Morgan fingerprint density at radius 2 is 2.14 bits per heavy atom. The van der Waals surface area contributed by atoms with Crippen molar-refractivity contribution in [2.75, 3.05) is 39.4 Å². The van der Waals surface area contributed by atoms with Gasteiger partial charge in [0.15, 0.2) is 0 Å². The minimum absolute atomic E-state index is 0.314. The summed E-state index contributed by atoms with van der Waals surface area (Å²) in [5.41, 5.74) is 0. The summed E-state index contributed by atoms with van der Waals surface area (Å²) in [5.74, 6) is 0.314. The summed E-state index contributed by atoms with van der Waals surface area (Å²) in [4.78, 5) is 18.4. The Hall–Kier alpha value is -0.910. The SMILES string of the molecule is O=C(Cc1cccs1)N1CCCCC1CCN1CCOCC1. The summed E-state index contributed by atoms with van der Waals surface area (Å²) in [7, 11) is 0. The van der Waals surface area contributed by atoms with Gasteiger partial charge in [0.2, 0.25) is 5.91 Å². The van der Waals surface area contributed by atoms with Gasteiger partial charge in [-0.15, -0.1) is 11.3 Å². The molecule has 2 aliphatic rings. The van der Waals surface area contributed by atoms with E-state index in [9.17, 15) is 4.79 Å². The van der Waals surface area contributed by atoms with Crippen LogP contribution in [0.25, 0.3) is 0 Å². The molecule has 1 atom stereocenters. The topological polar surface area (TPSA) is 32.8 Å². The van der Waals surface area contributed by atoms with Gasteiger partial charge >= 0.3 is 0 Å². The second kappa shape index (κ2) is 8.09. The maximum absolute atomic E-state index is 12.6. The number of thiophene rings is 1. The fourth-order valence-electron chi connectivity index (χ4n) is 3.45. The summed E-state index contributed by atoms with van der Waals surface area (Å²) in [6.45, 7) is 5.82. The van der Waals surface area contributed by atoms with E-state index in [1.54, 1.807) is 11.3 Å². The molecule has 2 aliphatic heterocycles. The number of likely N-dealkylation sites (tertiary alicyclic amines) is 1. The number of rotatable bonds is 5. The van der Waals surface area contributed by atoms with E-state index in [0.29, 0.717) is 18.4 Å². The largest absolute Gasteiger partial charge is 0.379 e. The molecule has 2 saturated heterocycles. The fraction of sp³-hybridized carbons (Fsp3) is 0.706. The number of carbonyl (C=O) groups excluding carboxylic acids is 1. The van der Waals surface area contributed by atoms with Crippen LogP contribution in [-0.2, 0) is 16.0 Å². The predicted octanol–water partition coefficient (Wildman–Crippen LogP) is 2.39. The monoisotopic (exact) mass is 322 g/mol. The maximum atomic E-state index is 12.6. The van der Waals surface area contributed by atoms with Crippen LogP contribution in [0.3, 0.4) is 0 Å². The predicted molar refractivity (Wildman–Crippen MR) is 89.3 cm³/mol. The lowest BCUT2D eigenvalue weighted by Gasteiger charge is -2.37. The Morgan fingerprint density at radius 3 is 2.91 bits per heavy atom. The molecule has 5 heteroatoms. The molecule has 2 fully saturated rings. The van der Waals surface area contributed by atoms with Crippen LogP contribution in [0.5, 0.6) is 0 Å². The molecule has 3 rings (SSSR count). The van der Waals surface area contributed by atoms with E-state index in [2.05, 4.69) is 21.2 Å². The first-order valence-electron chi connectivity index (χ1n) is 8.45. The van der Waals surface area contributed by atoms with Crippen molar-refractivity contribution < 1.29 is 9.53 Å². The van der Waals surface area contributed by atoms with Gasteiger partial charge in [0.1, 0.15) is 0 Å². The van der Waals surface area contributed by atoms with E-state index >= 15 is 0 Å². The Balaban J connectivity index is 1.52. The number of nitrogens with zero attached hydrogens (tertiary/aromatic N) is 2. The molecule has 4 nitrogen and oxygen atoms in total. The minimum Gasteiger partial charge on any atom is -0.379 e. The Kier molecular flexibility index (Phi) is 5.87. The quantitative estimate of drug-likeness (QED) is 0.834. The summed E-state index contributed by atoms with van der Waals surface area (Å²) in [6.07, 6.45) is 5.27. The molecular weight excluding hydrogens is 296 g/mol. The van der Waals surface area contributed by atoms with Crippen LogP contribution in [0.15, 0.2) is 17.5 Å². The molecule has 122 valence electrons. The van der Waals surface area contributed by atoms with Gasteiger partial charge in [0.05, 0.1) is 19.6 Å². The maximum Gasteiger partial charge on any atom is 0.228 e. The smallest absolute Gasteiger partial charge is 0.228 e. The van der Waals surface area contributed by atoms with Crippen LogP contribution in [0.1, 0.15) is 30.6 Å². The normalized spacial score (nSPS) is 23.6. The standard InChI is InChI=1S/C17H26N2O2S/c20-17(14-16-5-3-13-22-16)19-7-2-1-4-15(19)6-8-18-9-11-21-12-10-18/h3,5,13,15H,1-2,4,6-12,14H2. The molecule has 0 bridgehead atoms. The van der Waals surface area contributed by atoms with Gasteiger partial charge in [-0.05, 0) is 37.1 Å². The number of piperidine rings is 1. The van der Waals surface area contributed by atoms with E-state index in [1.807, 2.05) is 6.07 Å². The zero-order valence-electron chi connectivity index (χ0n) is 13.2. The molecule has 0 spiro atoms. The van der Waals surface area contributed by atoms with Gasteiger partial charge in [-0.2, -0.15) is 0 Å². The highest BCUT2D eigenvalue weighted by Crippen LogP contribution is 2.22. The third kappa shape index (κ3) is 4.31.